The van der Waals surface area contributed by atoms with Crippen molar-refractivity contribution in [2.24, 2.45) is 5.41 Å². The fourth-order valence-corrected chi connectivity index (χ4v) is 6.90. The van der Waals surface area contributed by atoms with E-state index in [0.717, 1.165) is 16.7 Å². The molecule has 0 radical (unpaired) electrons. The summed E-state index contributed by atoms with van der Waals surface area (Å²) in [7, 11) is -2.62. The molecule has 5 rings (SSSR count). The van der Waals surface area contributed by atoms with Crippen LogP contribution in [0.5, 0.6) is 5.88 Å². The van der Waals surface area contributed by atoms with Gasteiger partial charge in [-0.2, -0.15) is 18.2 Å². The molecule has 12 heteroatoms. The van der Waals surface area contributed by atoms with Crippen molar-refractivity contribution in [3.63, 3.8) is 0 Å². The van der Waals surface area contributed by atoms with Gasteiger partial charge in [-0.3, -0.25) is 4.48 Å². The van der Waals surface area contributed by atoms with Crippen LogP contribution in [-0.2, 0) is 10.0 Å². The third-order valence-corrected chi connectivity index (χ3v) is 10.1. The molecular weight excluding hydrogens is 581 g/mol. The Bertz CT molecular complexity index is 1640. The Labute approximate surface area is 249 Å². The Kier molecular flexibility index (Phi) is 8.06. The van der Waals surface area contributed by atoms with Crippen LogP contribution in [-0.4, -0.2) is 61.2 Å². The predicted molar refractivity (Wildman–Crippen MR) is 156 cm³/mol. The highest BCUT2D eigenvalue weighted by Crippen LogP contribution is 2.61. The second kappa shape index (κ2) is 11.2. The van der Waals surface area contributed by atoms with Crippen molar-refractivity contribution in [2.75, 3.05) is 24.9 Å². The van der Waals surface area contributed by atoms with Crippen molar-refractivity contribution < 1.29 is 35.6 Å². The molecule has 1 amide bonds. The number of hydrogen-bond donors (Lipinski definition) is 1. The number of aromatic nitrogens is 2. The molecule has 2 heterocycles. The van der Waals surface area contributed by atoms with Gasteiger partial charge in [-0.05, 0) is 62.4 Å². The Morgan fingerprint density at radius 1 is 1.07 bits per heavy atom. The number of benzene rings is 2. The Balaban J connectivity index is 1.70. The van der Waals surface area contributed by atoms with Crippen LogP contribution in [0, 0.1) is 19.3 Å². The molecule has 8 nitrogen and oxygen atoms in total. The van der Waals surface area contributed by atoms with Crippen LogP contribution in [0.15, 0.2) is 53.4 Å². The summed E-state index contributed by atoms with van der Waals surface area (Å²) in [5.74, 6) is -0.724. The van der Waals surface area contributed by atoms with Crippen molar-refractivity contribution in [3.05, 3.63) is 65.2 Å². The first kappa shape index (κ1) is 30.9. The van der Waals surface area contributed by atoms with E-state index in [0.29, 0.717) is 18.5 Å². The van der Waals surface area contributed by atoms with E-state index in [4.69, 9.17) is 4.74 Å². The molecule has 0 spiro atoms. The maximum absolute atomic E-state index is 14.3. The lowest BCUT2D eigenvalue weighted by Gasteiger charge is -2.40. The third kappa shape index (κ3) is 5.99. The van der Waals surface area contributed by atoms with Crippen molar-refractivity contribution in [1.82, 2.24) is 9.97 Å². The first-order valence-corrected chi connectivity index (χ1v) is 15.9. The monoisotopic (exact) mass is 617 g/mol. The van der Waals surface area contributed by atoms with Crippen LogP contribution in [0.2, 0.25) is 0 Å². The van der Waals surface area contributed by atoms with Gasteiger partial charge in [-0.25, -0.2) is 22.9 Å². The summed E-state index contributed by atoms with van der Waals surface area (Å²) in [4.78, 5) is 22.8. The number of rotatable bonds is 6. The standard InChI is InChI=1S/C31H36F3N4O4S/c1-5-6-15-38(4)23(18-30(13-14-30)31(32,33)34)19-42-26-17-25(27-20(2)9-7-10-21(27)3)35-29(36-26)37-43(40,41)24-12-8-11-22(16-24)28(38)39/h7-12,16-17,23H,5-6,13-15,18-19H2,1-4H3,(H,35,36,37)/q+1/t23-,38?/m1/s1. The van der Waals surface area contributed by atoms with Gasteiger partial charge >= 0.3 is 12.1 Å². The minimum absolute atomic E-state index is 0.00680. The molecule has 1 aromatic heterocycles. The van der Waals surface area contributed by atoms with Gasteiger partial charge in [0.2, 0.25) is 11.8 Å². The van der Waals surface area contributed by atoms with Gasteiger partial charge in [-0.1, -0.05) is 37.6 Å². The van der Waals surface area contributed by atoms with Gasteiger partial charge in [0.05, 0.1) is 35.2 Å². The molecule has 3 aromatic rings. The lowest BCUT2D eigenvalue weighted by molar-refractivity contribution is -0.857. The number of sulfonamides is 1. The number of unbranched alkanes of at least 4 members (excludes halogenated alkanes) is 1. The first-order valence-electron chi connectivity index (χ1n) is 14.4. The number of quaternary nitrogens is 1. The molecule has 0 saturated heterocycles. The van der Waals surface area contributed by atoms with E-state index in [1.54, 1.807) is 13.1 Å². The smallest absolute Gasteiger partial charge is 0.394 e. The normalized spacial score (nSPS) is 22.8. The summed E-state index contributed by atoms with van der Waals surface area (Å²) < 4.78 is 78.0. The summed E-state index contributed by atoms with van der Waals surface area (Å²) in [6, 6.07) is 11.9. The molecular formula is C31H36F3N4O4S+. The topological polar surface area (TPSA) is 98.2 Å². The molecule has 2 atom stereocenters. The number of carbonyl (C=O) groups is 1. The largest absolute Gasteiger partial charge is 0.471 e. The van der Waals surface area contributed by atoms with Gasteiger partial charge in [0.25, 0.3) is 10.0 Å². The number of alkyl halides is 3. The Morgan fingerprint density at radius 3 is 2.37 bits per heavy atom. The summed E-state index contributed by atoms with van der Waals surface area (Å²) >= 11 is 0. The lowest BCUT2D eigenvalue weighted by atomic mass is 9.93. The highest BCUT2D eigenvalue weighted by molar-refractivity contribution is 7.92. The zero-order chi connectivity index (χ0) is 31.2. The number of carbonyl (C=O) groups excluding carboxylic acids is 1. The van der Waals surface area contributed by atoms with E-state index in [1.807, 2.05) is 39.0 Å². The number of amides is 1. The zero-order valence-corrected chi connectivity index (χ0v) is 25.5. The van der Waals surface area contributed by atoms with E-state index in [2.05, 4.69) is 14.7 Å². The molecule has 1 unspecified atom stereocenters. The predicted octanol–water partition coefficient (Wildman–Crippen LogP) is 6.44. The first-order chi connectivity index (χ1) is 20.2. The molecule has 1 saturated carbocycles. The third-order valence-electron chi connectivity index (χ3n) is 8.81. The number of nitrogens with zero attached hydrogens (tertiary/aromatic N) is 3. The number of nitrogens with one attached hydrogen (secondary N) is 1. The lowest BCUT2D eigenvalue weighted by Crippen LogP contribution is -2.60. The number of halogens is 3. The van der Waals surface area contributed by atoms with E-state index >= 15 is 0 Å². The van der Waals surface area contributed by atoms with Gasteiger partial charge in [0.1, 0.15) is 12.6 Å². The van der Waals surface area contributed by atoms with Crippen molar-refractivity contribution >= 4 is 21.9 Å². The van der Waals surface area contributed by atoms with Crippen molar-refractivity contribution in [2.45, 2.75) is 70.0 Å². The van der Waals surface area contributed by atoms with Gasteiger partial charge in [-0.15, -0.1) is 0 Å². The van der Waals surface area contributed by atoms with Gasteiger partial charge < -0.3 is 4.74 Å². The molecule has 2 aromatic carbocycles. The van der Waals surface area contributed by atoms with Crippen molar-refractivity contribution in [3.8, 4) is 17.1 Å². The Hall–Kier alpha value is -3.51. The molecule has 43 heavy (non-hydrogen) atoms. The Morgan fingerprint density at radius 2 is 1.74 bits per heavy atom. The maximum Gasteiger partial charge on any atom is 0.394 e. The van der Waals surface area contributed by atoms with Crippen molar-refractivity contribution in [1.29, 1.82) is 0 Å². The molecule has 1 aliphatic heterocycles. The van der Waals surface area contributed by atoms with Gasteiger partial charge in [0.15, 0.2) is 0 Å². The average molecular weight is 618 g/mol. The van der Waals surface area contributed by atoms with Crippen LogP contribution >= 0.6 is 0 Å². The van der Waals surface area contributed by atoms with Crippen LogP contribution in [0.25, 0.3) is 11.3 Å². The van der Waals surface area contributed by atoms with Crippen LogP contribution in [0.1, 0.15) is 60.5 Å². The van der Waals surface area contributed by atoms with E-state index in [1.165, 1.54) is 24.3 Å². The van der Waals surface area contributed by atoms with Crippen LogP contribution in [0.3, 0.4) is 0 Å². The maximum atomic E-state index is 14.3. The van der Waals surface area contributed by atoms with E-state index in [9.17, 15) is 26.4 Å². The minimum Gasteiger partial charge on any atom is -0.471 e. The number of hydrogen-bond acceptors (Lipinski definition) is 6. The van der Waals surface area contributed by atoms with Crippen LogP contribution < -0.4 is 9.46 Å². The number of aryl methyl sites for hydroxylation is 2. The minimum atomic E-state index is -4.43. The number of anilines is 1. The molecule has 1 fully saturated rings. The fourth-order valence-electron chi connectivity index (χ4n) is 5.91. The summed E-state index contributed by atoms with van der Waals surface area (Å²) in [5, 5.41) is 0. The molecule has 230 valence electrons. The summed E-state index contributed by atoms with van der Waals surface area (Å²) in [6.07, 6.45) is -3.47. The molecule has 1 N–H and O–H groups in total. The SMILES string of the molecule is CCCC[N+]1(C)C(=O)c2cccc(c2)S(=O)(=O)Nc2nc(cc(-c3c(C)cccc3C)n2)OC[C@H]1CC1(C(F)(F)F)CC1. The van der Waals surface area contributed by atoms with E-state index in [-0.39, 0.29) is 59.2 Å². The second-order valence-corrected chi connectivity index (χ2v) is 13.6. The summed E-state index contributed by atoms with van der Waals surface area (Å²) in [6.45, 7) is 5.76. The number of ether oxygens (including phenoxy) is 1. The fraction of sp³-hybridized carbons (Fsp3) is 0.452. The highest BCUT2D eigenvalue weighted by Gasteiger charge is 2.65. The molecule has 4 bridgehead atoms. The number of fused-ring (bicyclic) bond motifs is 4. The molecule has 2 aliphatic rings. The second-order valence-electron chi connectivity index (χ2n) is 11.9. The van der Waals surface area contributed by atoms with E-state index < -0.39 is 33.6 Å². The van der Waals surface area contributed by atoms with Crippen LogP contribution in [0.4, 0.5) is 19.1 Å². The molecule has 1 aliphatic carbocycles. The van der Waals surface area contributed by atoms with Gasteiger partial charge in [0, 0.05) is 18.1 Å². The average Bonchev–Trinajstić information content (AvgIpc) is 3.74. The number of likely N-dealkylation sites (N-methyl/N-ethyl adjacent to an activating group) is 1. The highest BCUT2D eigenvalue weighted by atomic mass is 32.2. The zero-order valence-electron chi connectivity index (χ0n) is 24.7. The quantitative estimate of drug-likeness (QED) is 0.320. The summed E-state index contributed by atoms with van der Waals surface area (Å²) in [5.41, 5.74) is 1.12.